The van der Waals surface area contributed by atoms with Gasteiger partial charge in [0.15, 0.2) is 23.0 Å². The molecule has 0 aliphatic rings. The summed E-state index contributed by atoms with van der Waals surface area (Å²) in [5, 5.41) is 6.51. The first kappa shape index (κ1) is 27.1. The van der Waals surface area contributed by atoms with Crippen molar-refractivity contribution in [3.05, 3.63) is 82.9 Å². The summed E-state index contributed by atoms with van der Waals surface area (Å²) in [5.41, 5.74) is 5.68. The molecule has 3 aromatic rings. The first-order valence-corrected chi connectivity index (χ1v) is 11.7. The third-order valence-electron chi connectivity index (χ3n) is 5.24. The minimum absolute atomic E-state index is 0.250. The van der Waals surface area contributed by atoms with Gasteiger partial charge in [0, 0.05) is 5.56 Å². The number of hydrogen-bond donors (Lipinski definition) is 2. The average Bonchev–Trinajstić information content (AvgIpc) is 2.92. The van der Waals surface area contributed by atoms with Crippen LogP contribution in [0.25, 0.3) is 0 Å². The monoisotopic (exact) mass is 505 g/mol. The number of ether oxygens (including phenoxy) is 4. The SMILES string of the molecule is CCOc1cc(/C=N\NC(=O)CNC(=O)c2ccc(OC)c(OC)c2)ccc1OCc1ccc(C)cc1. The number of nitrogens with one attached hydrogen (secondary N) is 2. The molecule has 0 saturated heterocycles. The summed E-state index contributed by atoms with van der Waals surface area (Å²) in [6, 6.07) is 18.2. The van der Waals surface area contributed by atoms with Crippen molar-refractivity contribution in [2.45, 2.75) is 20.5 Å². The van der Waals surface area contributed by atoms with Gasteiger partial charge in [0.1, 0.15) is 6.61 Å². The number of hydrazone groups is 1. The van der Waals surface area contributed by atoms with Crippen LogP contribution >= 0.6 is 0 Å². The molecule has 9 nitrogen and oxygen atoms in total. The predicted octanol–water partition coefficient (Wildman–Crippen LogP) is 3.87. The summed E-state index contributed by atoms with van der Waals surface area (Å²) < 4.78 is 22.0. The van der Waals surface area contributed by atoms with E-state index in [-0.39, 0.29) is 6.54 Å². The highest BCUT2D eigenvalue weighted by atomic mass is 16.5. The molecular weight excluding hydrogens is 474 g/mol. The maximum absolute atomic E-state index is 12.4. The maximum atomic E-state index is 12.4. The molecule has 0 atom stereocenters. The smallest absolute Gasteiger partial charge is 0.259 e. The van der Waals surface area contributed by atoms with Crippen LogP contribution in [0.1, 0.15) is 34.0 Å². The fourth-order valence-corrected chi connectivity index (χ4v) is 3.30. The third kappa shape index (κ3) is 7.99. The minimum atomic E-state index is -0.479. The van der Waals surface area contributed by atoms with Crippen molar-refractivity contribution in [1.29, 1.82) is 0 Å². The lowest BCUT2D eigenvalue weighted by Gasteiger charge is -2.13. The molecule has 2 N–H and O–H groups in total. The highest BCUT2D eigenvalue weighted by molar-refractivity contribution is 5.97. The molecule has 3 rings (SSSR count). The summed E-state index contributed by atoms with van der Waals surface area (Å²) >= 11 is 0. The first-order valence-electron chi connectivity index (χ1n) is 11.7. The topological polar surface area (TPSA) is 107 Å². The van der Waals surface area contributed by atoms with Crippen molar-refractivity contribution in [2.24, 2.45) is 5.10 Å². The van der Waals surface area contributed by atoms with Crippen molar-refractivity contribution in [2.75, 3.05) is 27.4 Å². The maximum Gasteiger partial charge on any atom is 0.259 e. The third-order valence-corrected chi connectivity index (χ3v) is 5.24. The molecule has 0 unspecified atom stereocenters. The van der Waals surface area contributed by atoms with Crippen LogP contribution in [-0.4, -0.2) is 45.4 Å². The Hall–Kier alpha value is -4.53. The lowest BCUT2D eigenvalue weighted by atomic mass is 10.2. The number of methoxy groups -OCH3 is 2. The molecule has 9 heteroatoms. The Kier molecular flexibility index (Phi) is 9.90. The second-order valence-corrected chi connectivity index (χ2v) is 7.96. The normalized spacial score (nSPS) is 10.6. The molecule has 0 fully saturated rings. The molecule has 0 aromatic heterocycles. The zero-order chi connectivity index (χ0) is 26.6. The molecule has 0 aliphatic heterocycles. The molecule has 194 valence electrons. The number of amides is 2. The largest absolute Gasteiger partial charge is 0.493 e. The van der Waals surface area contributed by atoms with Crippen LogP contribution in [-0.2, 0) is 11.4 Å². The molecule has 3 aromatic carbocycles. The van der Waals surface area contributed by atoms with Crippen LogP contribution < -0.4 is 29.7 Å². The van der Waals surface area contributed by atoms with Crippen molar-refractivity contribution < 1.29 is 28.5 Å². The molecule has 0 aliphatic carbocycles. The molecular formula is C28H31N3O6. The Balaban J connectivity index is 1.53. The van der Waals surface area contributed by atoms with Crippen molar-refractivity contribution in [1.82, 2.24) is 10.7 Å². The number of carbonyl (C=O) groups excluding carboxylic acids is 2. The Morgan fingerprint density at radius 1 is 0.865 bits per heavy atom. The molecule has 2 amide bonds. The van der Waals surface area contributed by atoms with E-state index in [1.807, 2.05) is 44.2 Å². The number of nitrogens with zero attached hydrogens (tertiary/aromatic N) is 1. The molecule has 37 heavy (non-hydrogen) atoms. The summed E-state index contributed by atoms with van der Waals surface area (Å²) in [6.07, 6.45) is 1.49. The number of carbonyl (C=O) groups is 2. The van der Waals surface area contributed by atoms with Gasteiger partial charge in [0.05, 0.1) is 33.6 Å². The van der Waals surface area contributed by atoms with E-state index in [4.69, 9.17) is 18.9 Å². The van der Waals surface area contributed by atoms with Crippen LogP contribution in [0.4, 0.5) is 0 Å². The number of hydrogen-bond acceptors (Lipinski definition) is 7. The number of aryl methyl sites for hydroxylation is 1. The van der Waals surface area contributed by atoms with Gasteiger partial charge in [-0.25, -0.2) is 5.43 Å². The van der Waals surface area contributed by atoms with E-state index in [0.29, 0.717) is 47.3 Å². The summed E-state index contributed by atoms with van der Waals surface area (Å²) in [7, 11) is 2.99. The van der Waals surface area contributed by atoms with Gasteiger partial charge in [-0.1, -0.05) is 29.8 Å². The van der Waals surface area contributed by atoms with Gasteiger partial charge < -0.3 is 24.3 Å². The zero-order valence-corrected chi connectivity index (χ0v) is 21.4. The van der Waals surface area contributed by atoms with Crippen LogP contribution in [0.2, 0.25) is 0 Å². The number of rotatable bonds is 12. The van der Waals surface area contributed by atoms with Crippen molar-refractivity contribution in [3.8, 4) is 23.0 Å². The van der Waals surface area contributed by atoms with Gasteiger partial charge in [-0.05, 0) is 61.4 Å². The zero-order valence-electron chi connectivity index (χ0n) is 21.4. The lowest BCUT2D eigenvalue weighted by molar-refractivity contribution is -0.120. The summed E-state index contributed by atoms with van der Waals surface area (Å²) in [4.78, 5) is 24.5. The van der Waals surface area contributed by atoms with Gasteiger partial charge in [0.2, 0.25) is 0 Å². The van der Waals surface area contributed by atoms with E-state index < -0.39 is 11.8 Å². The van der Waals surface area contributed by atoms with E-state index in [2.05, 4.69) is 15.8 Å². The van der Waals surface area contributed by atoms with E-state index >= 15 is 0 Å². The quantitative estimate of drug-likeness (QED) is 0.286. The van der Waals surface area contributed by atoms with Gasteiger partial charge in [-0.15, -0.1) is 0 Å². The molecule has 0 heterocycles. The van der Waals surface area contributed by atoms with E-state index in [1.54, 1.807) is 24.3 Å². The molecule has 0 radical (unpaired) electrons. The highest BCUT2D eigenvalue weighted by Gasteiger charge is 2.12. The van der Waals surface area contributed by atoms with Gasteiger partial charge in [0.25, 0.3) is 11.8 Å². The molecule has 0 bridgehead atoms. The van der Waals surface area contributed by atoms with Crippen LogP contribution in [0, 0.1) is 6.92 Å². The van der Waals surface area contributed by atoms with Gasteiger partial charge >= 0.3 is 0 Å². The summed E-state index contributed by atoms with van der Waals surface area (Å²) in [5.74, 6) is 1.20. The predicted molar refractivity (Wildman–Crippen MR) is 141 cm³/mol. The van der Waals surface area contributed by atoms with Crippen molar-refractivity contribution in [3.63, 3.8) is 0 Å². The Bertz CT molecular complexity index is 1240. The number of benzene rings is 3. The van der Waals surface area contributed by atoms with Crippen LogP contribution in [0.15, 0.2) is 65.8 Å². The van der Waals surface area contributed by atoms with Crippen molar-refractivity contribution >= 4 is 18.0 Å². The van der Waals surface area contributed by atoms with E-state index in [0.717, 1.165) is 5.56 Å². The Morgan fingerprint density at radius 2 is 1.59 bits per heavy atom. The highest BCUT2D eigenvalue weighted by Crippen LogP contribution is 2.29. The Morgan fingerprint density at radius 3 is 2.30 bits per heavy atom. The van der Waals surface area contributed by atoms with Crippen LogP contribution in [0.5, 0.6) is 23.0 Å². The fourth-order valence-electron chi connectivity index (χ4n) is 3.30. The second kappa shape index (κ2) is 13.5. The minimum Gasteiger partial charge on any atom is -0.493 e. The van der Waals surface area contributed by atoms with E-state index in [1.165, 1.54) is 32.1 Å². The first-order chi connectivity index (χ1) is 17.9. The van der Waals surface area contributed by atoms with Gasteiger partial charge in [-0.3, -0.25) is 9.59 Å². The Labute approximate surface area is 216 Å². The van der Waals surface area contributed by atoms with Crippen LogP contribution in [0.3, 0.4) is 0 Å². The lowest BCUT2D eigenvalue weighted by Crippen LogP contribution is -2.34. The van der Waals surface area contributed by atoms with Gasteiger partial charge in [-0.2, -0.15) is 5.10 Å². The van der Waals surface area contributed by atoms with E-state index in [9.17, 15) is 9.59 Å². The second-order valence-electron chi connectivity index (χ2n) is 7.96. The standard InChI is InChI=1S/C28H31N3O6/c1-5-36-26-14-21(10-12-24(26)37-18-20-8-6-19(2)7-9-20)16-30-31-27(32)17-29-28(33)22-11-13-23(34-3)25(15-22)35-4/h6-16H,5,17-18H2,1-4H3,(H,29,33)(H,31,32)/b30-16-. The molecule has 0 saturated carbocycles. The summed E-state index contributed by atoms with van der Waals surface area (Å²) in [6.45, 7) is 4.56. The average molecular weight is 506 g/mol. The fraction of sp³-hybridized carbons (Fsp3) is 0.250. The molecule has 0 spiro atoms.